The van der Waals surface area contributed by atoms with Gasteiger partial charge in [0.1, 0.15) is 0 Å². The number of hydrogen-bond acceptors (Lipinski definition) is 3. The van der Waals surface area contributed by atoms with Gasteiger partial charge in [-0.1, -0.05) is 25.3 Å². The van der Waals surface area contributed by atoms with Gasteiger partial charge in [0.2, 0.25) is 0 Å². The van der Waals surface area contributed by atoms with E-state index in [2.05, 4.69) is 0 Å². The van der Waals surface area contributed by atoms with E-state index < -0.39 is 13.1 Å². The second kappa shape index (κ2) is 7.90. The molecule has 0 saturated carbocycles. The summed E-state index contributed by atoms with van der Waals surface area (Å²) < 4.78 is 0. The zero-order valence-corrected chi connectivity index (χ0v) is 12.1. The third-order valence-corrected chi connectivity index (χ3v) is 1.45. The number of aromatic carboxylic acids is 1. The van der Waals surface area contributed by atoms with E-state index >= 15 is 0 Å². The van der Waals surface area contributed by atoms with Gasteiger partial charge in [0.15, 0.2) is 0 Å². The molecule has 0 fully saturated rings. The Morgan fingerprint density at radius 2 is 1.71 bits per heavy atom. The summed E-state index contributed by atoms with van der Waals surface area (Å²) >= 11 is 0. The van der Waals surface area contributed by atoms with Crippen molar-refractivity contribution in [1.29, 1.82) is 0 Å². The molecule has 0 heterocycles. The Morgan fingerprint density at radius 3 is 2.07 bits per heavy atom. The molecular weight excluding hydrogens is 205 g/mol. The first-order valence-corrected chi connectivity index (χ1v) is 3.27. The van der Waals surface area contributed by atoms with Crippen LogP contribution in [0.25, 0.3) is 0 Å². The van der Waals surface area contributed by atoms with E-state index in [1.807, 2.05) is 0 Å². The van der Waals surface area contributed by atoms with Crippen LogP contribution in [0.15, 0.2) is 24.3 Å². The number of carboxylic acids is 1. The van der Waals surface area contributed by atoms with E-state index in [1.54, 1.807) is 0 Å². The molecule has 1 rings (SSSR count). The molecule has 0 aromatic heterocycles. The molecule has 1 aromatic rings. The Hall–Kier alpha value is 0.675. The van der Waals surface area contributed by atoms with Gasteiger partial charge in [0, 0.05) is 0 Å². The van der Waals surface area contributed by atoms with Gasteiger partial charge < -0.3 is 15.2 Å². The molecule has 0 spiro atoms. The van der Waals surface area contributed by atoms with E-state index in [0.29, 0.717) is 0 Å². The SMILES string of the molecule is O=C(O)c1ccccc1B([O-])[O-].[Na+].[Na+]. The van der Waals surface area contributed by atoms with Crippen molar-refractivity contribution in [2.24, 2.45) is 0 Å². The summed E-state index contributed by atoms with van der Waals surface area (Å²) in [5.41, 5.74) is -0.433. The molecule has 0 bridgehead atoms. The van der Waals surface area contributed by atoms with Crippen LogP contribution in [0.5, 0.6) is 0 Å². The topological polar surface area (TPSA) is 83.4 Å². The van der Waals surface area contributed by atoms with Crippen LogP contribution in [0.4, 0.5) is 0 Å². The molecule has 14 heavy (non-hydrogen) atoms. The first kappa shape index (κ1) is 17.1. The van der Waals surface area contributed by atoms with Gasteiger partial charge in [0.05, 0.1) is 5.56 Å². The van der Waals surface area contributed by atoms with Crippen LogP contribution in [0, 0.1) is 0 Å². The van der Waals surface area contributed by atoms with Gasteiger partial charge in [-0.25, -0.2) is 4.79 Å². The van der Waals surface area contributed by atoms with Crippen LogP contribution in [-0.4, -0.2) is 18.2 Å². The molecule has 62 valence electrons. The average molecular weight is 210 g/mol. The molecule has 1 aromatic carbocycles. The monoisotopic (exact) mass is 210 g/mol. The summed E-state index contributed by atoms with van der Waals surface area (Å²) in [6.07, 6.45) is 0. The van der Waals surface area contributed by atoms with Crippen LogP contribution in [0.3, 0.4) is 0 Å². The summed E-state index contributed by atoms with van der Waals surface area (Å²) in [5.74, 6) is -1.25. The van der Waals surface area contributed by atoms with E-state index in [4.69, 9.17) is 5.11 Å². The fraction of sp³-hybridized carbons (Fsp3) is 0. The minimum Gasteiger partial charge on any atom is -0.889 e. The van der Waals surface area contributed by atoms with Gasteiger partial charge in [-0.2, -0.15) is 0 Å². The third-order valence-electron chi connectivity index (χ3n) is 1.45. The number of rotatable bonds is 2. The molecule has 0 unspecified atom stereocenters. The molecule has 0 aliphatic heterocycles. The fourth-order valence-electron chi connectivity index (χ4n) is 0.897. The van der Waals surface area contributed by atoms with E-state index in [1.165, 1.54) is 24.3 Å². The minimum absolute atomic E-state index is 0. The van der Waals surface area contributed by atoms with Crippen LogP contribution in [0.2, 0.25) is 0 Å². The van der Waals surface area contributed by atoms with Crippen molar-refractivity contribution >= 4 is 18.6 Å². The van der Waals surface area contributed by atoms with Gasteiger partial charge in [-0.3, -0.25) is 0 Å². The fourth-order valence-corrected chi connectivity index (χ4v) is 0.897. The standard InChI is InChI=1S/C7H5BO4.2Na/c9-7(10)5-3-1-2-4-6(5)8(11)12;;/h1-4H,(H,9,10);;/q-2;2*+1. The minimum atomic E-state index is -2.24. The summed E-state index contributed by atoms with van der Waals surface area (Å²) in [4.78, 5) is 10.4. The van der Waals surface area contributed by atoms with Crippen molar-refractivity contribution in [3.63, 3.8) is 0 Å². The van der Waals surface area contributed by atoms with Gasteiger partial charge in [-0.05, 0) is 6.07 Å². The van der Waals surface area contributed by atoms with Gasteiger partial charge >= 0.3 is 65.1 Å². The zero-order valence-electron chi connectivity index (χ0n) is 8.06. The summed E-state index contributed by atoms with van der Waals surface area (Å²) in [6.45, 7) is 0. The number of benzene rings is 1. The second-order valence-corrected chi connectivity index (χ2v) is 2.22. The zero-order chi connectivity index (χ0) is 9.14. The number of carbonyl (C=O) groups is 1. The normalized spacial score (nSPS) is 8.14. The molecule has 0 saturated heterocycles. The van der Waals surface area contributed by atoms with E-state index in [0.717, 1.165) is 0 Å². The predicted octanol–water partition coefficient (Wildman–Crippen LogP) is -8.19. The van der Waals surface area contributed by atoms with Gasteiger partial charge in [-0.15, -0.1) is 5.46 Å². The molecule has 0 amide bonds. The predicted molar refractivity (Wildman–Crippen MR) is 38.8 cm³/mol. The molecule has 0 radical (unpaired) electrons. The quantitative estimate of drug-likeness (QED) is 0.491. The van der Waals surface area contributed by atoms with Crippen molar-refractivity contribution in [2.75, 3.05) is 0 Å². The first-order valence-electron chi connectivity index (χ1n) is 3.27. The van der Waals surface area contributed by atoms with Gasteiger partial charge in [0.25, 0.3) is 0 Å². The maximum Gasteiger partial charge on any atom is 1.00 e. The Balaban J connectivity index is 0. The Labute approximate surface area is 126 Å². The van der Waals surface area contributed by atoms with Crippen LogP contribution < -0.4 is 74.6 Å². The number of carboxylic acid groups (broad SMARTS) is 1. The Morgan fingerprint density at radius 1 is 1.21 bits per heavy atom. The number of hydrogen-bond donors (Lipinski definition) is 1. The van der Waals surface area contributed by atoms with Crippen molar-refractivity contribution in [1.82, 2.24) is 0 Å². The molecular formula is C7H5BNa2O4. The van der Waals surface area contributed by atoms with Crippen LogP contribution in [-0.2, 0) is 0 Å². The maximum absolute atomic E-state index is 10.4. The third kappa shape index (κ3) is 4.46. The van der Waals surface area contributed by atoms with Crippen molar-refractivity contribution in [2.45, 2.75) is 0 Å². The van der Waals surface area contributed by atoms with Crippen LogP contribution in [0.1, 0.15) is 10.4 Å². The summed E-state index contributed by atoms with van der Waals surface area (Å²) in [5, 5.41) is 29.4. The molecule has 0 aliphatic rings. The smallest absolute Gasteiger partial charge is 0.889 e. The second-order valence-electron chi connectivity index (χ2n) is 2.22. The molecule has 7 heteroatoms. The molecule has 4 nitrogen and oxygen atoms in total. The molecule has 0 atom stereocenters. The Kier molecular flexibility index (Phi) is 9.64. The van der Waals surface area contributed by atoms with E-state index in [-0.39, 0.29) is 70.1 Å². The van der Waals surface area contributed by atoms with Crippen molar-refractivity contribution in [3.05, 3.63) is 29.8 Å². The first-order chi connectivity index (χ1) is 5.63. The maximum atomic E-state index is 10.4. The summed E-state index contributed by atoms with van der Waals surface area (Å²) in [7, 11) is -2.24. The van der Waals surface area contributed by atoms with Crippen molar-refractivity contribution < 1.29 is 79.1 Å². The average Bonchev–Trinajstić information content (AvgIpc) is 2.04. The summed E-state index contributed by atoms with van der Waals surface area (Å²) in [6, 6.07) is 5.40. The molecule has 1 N–H and O–H groups in total. The van der Waals surface area contributed by atoms with E-state index in [9.17, 15) is 14.8 Å². The largest absolute Gasteiger partial charge is 1.00 e. The Bertz CT molecular complexity index is 305. The van der Waals surface area contributed by atoms with Crippen molar-refractivity contribution in [3.8, 4) is 0 Å². The molecule has 0 aliphatic carbocycles. The van der Waals surface area contributed by atoms with Crippen LogP contribution >= 0.6 is 0 Å².